The first-order chi connectivity index (χ1) is 9.20. The van der Waals surface area contributed by atoms with Crippen LogP contribution in [0.2, 0.25) is 0 Å². The van der Waals surface area contributed by atoms with Gasteiger partial charge in [0.1, 0.15) is 0 Å². The molecule has 0 N–H and O–H groups in total. The normalized spacial score (nSPS) is 13.1. The molecule has 1 unspecified atom stereocenters. The zero-order valence-electron chi connectivity index (χ0n) is 13.8. The summed E-state index contributed by atoms with van der Waals surface area (Å²) in [6.45, 7) is 18.9. The van der Waals surface area contributed by atoms with E-state index in [1.807, 2.05) is 6.20 Å². The lowest BCUT2D eigenvalue weighted by atomic mass is 9.88. The lowest BCUT2D eigenvalue weighted by Crippen LogP contribution is -2.14. The molecule has 1 heterocycles. The van der Waals surface area contributed by atoms with E-state index in [1.165, 1.54) is 16.7 Å². The molecule has 0 bridgehead atoms. The molecular formula is C19H29N. The smallest absolute Gasteiger partial charge is 0.0457 e. The average molecular weight is 271 g/mol. The van der Waals surface area contributed by atoms with Crippen LogP contribution >= 0.6 is 0 Å². The molecule has 1 nitrogen and oxygen atoms in total. The van der Waals surface area contributed by atoms with Gasteiger partial charge in [-0.3, -0.25) is 4.98 Å². The second-order valence-electron chi connectivity index (χ2n) is 7.04. The summed E-state index contributed by atoms with van der Waals surface area (Å²) in [5.74, 6) is 0.522. The second-order valence-corrected chi connectivity index (χ2v) is 7.04. The number of hydrogen-bond acceptors (Lipinski definition) is 1. The summed E-state index contributed by atoms with van der Waals surface area (Å²) in [7, 11) is 0. The lowest BCUT2D eigenvalue weighted by Gasteiger charge is -2.20. The third-order valence-corrected chi connectivity index (χ3v) is 3.69. The first-order valence-electron chi connectivity index (χ1n) is 7.45. The van der Waals surface area contributed by atoms with Gasteiger partial charge in [0, 0.05) is 17.3 Å². The summed E-state index contributed by atoms with van der Waals surface area (Å²) in [6, 6.07) is 4.37. The van der Waals surface area contributed by atoms with E-state index in [0.29, 0.717) is 5.92 Å². The highest BCUT2D eigenvalue weighted by molar-refractivity contribution is 5.20. The summed E-state index contributed by atoms with van der Waals surface area (Å²) in [5.41, 5.74) is 5.07. The van der Waals surface area contributed by atoms with Crippen molar-refractivity contribution in [2.75, 3.05) is 0 Å². The molecular weight excluding hydrogens is 242 g/mol. The second kappa shape index (κ2) is 6.88. The molecule has 1 rings (SSSR count). The number of nitrogens with zero attached hydrogens (tertiary/aromatic N) is 1. The van der Waals surface area contributed by atoms with E-state index in [0.717, 1.165) is 25.0 Å². The summed E-state index contributed by atoms with van der Waals surface area (Å²) in [4.78, 5) is 4.61. The molecule has 0 aliphatic heterocycles. The fourth-order valence-electron chi connectivity index (χ4n) is 2.22. The predicted molar refractivity (Wildman–Crippen MR) is 89.0 cm³/mol. The molecule has 1 aromatic heterocycles. The van der Waals surface area contributed by atoms with Crippen molar-refractivity contribution in [1.82, 2.24) is 4.98 Å². The van der Waals surface area contributed by atoms with Crippen molar-refractivity contribution in [3.63, 3.8) is 0 Å². The van der Waals surface area contributed by atoms with Crippen LogP contribution in [0, 0.1) is 5.92 Å². The summed E-state index contributed by atoms with van der Waals surface area (Å²) in [6.07, 6.45) is 5.26. The van der Waals surface area contributed by atoms with Gasteiger partial charge in [-0.25, -0.2) is 0 Å². The maximum Gasteiger partial charge on any atom is 0.0457 e. The van der Waals surface area contributed by atoms with Crippen LogP contribution in [0.3, 0.4) is 0 Å². The maximum absolute atomic E-state index is 4.61. The Morgan fingerprint density at radius 3 is 2.25 bits per heavy atom. The van der Waals surface area contributed by atoms with Gasteiger partial charge >= 0.3 is 0 Å². The van der Waals surface area contributed by atoms with Gasteiger partial charge < -0.3 is 0 Å². The van der Waals surface area contributed by atoms with Crippen LogP contribution in [0.4, 0.5) is 0 Å². The van der Waals surface area contributed by atoms with Gasteiger partial charge in [0.25, 0.3) is 0 Å². The Balaban J connectivity index is 2.74. The molecule has 0 spiro atoms. The zero-order chi connectivity index (χ0) is 15.3. The van der Waals surface area contributed by atoms with E-state index >= 15 is 0 Å². The average Bonchev–Trinajstić information content (AvgIpc) is 2.33. The van der Waals surface area contributed by atoms with Crippen molar-refractivity contribution in [3.8, 4) is 0 Å². The van der Waals surface area contributed by atoms with Gasteiger partial charge in [-0.2, -0.15) is 0 Å². The molecule has 0 aliphatic carbocycles. The van der Waals surface area contributed by atoms with Crippen LogP contribution in [0.25, 0.3) is 0 Å². The SMILES string of the molecule is C=C(C)CCC(Cc1ccc(C(C)(C)C)nc1)C(=C)C. The largest absolute Gasteiger partial charge is 0.260 e. The molecule has 0 radical (unpaired) electrons. The highest BCUT2D eigenvalue weighted by Crippen LogP contribution is 2.24. The molecule has 1 aromatic rings. The van der Waals surface area contributed by atoms with E-state index in [-0.39, 0.29) is 5.41 Å². The molecule has 0 aliphatic rings. The molecule has 0 amide bonds. The van der Waals surface area contributed by atoms with Crippen LogP contribution in [-0.2, 0) is 11.8 Å². The van der Waals surface area contributed by atoms with E-state index in [2.05, 4.69) is 64.9 Å². The van der Waals surface area contributed by atoms with E-state index in [9.17, 15) is 0 Å². The predicted octanol–water partition coefficient (Wildman–Crippen LogP) is 5.47. The Bertz CT molecular complexity index is 460. The zero-order valence-corrected chi connectivity index (χ0v) is 13.8. The van der Waals surface area contributed by atoms with Gasteiger partial charge in [0.2, 0.25) is 0 Å². The Morgan fingerprint density at radius 2 is 1.85 bits per heavy atom. The molecule has 110 valence electrons. The topological polar surface area (TPSA) is 12.9 Å². The van der Waals surface area contributed by atoms with Crippen LogP contribution in [0.5, 0.6) is 0 Å². The summed E-state index contributed by atoms with van der Waals surface area (Å²) >= 11 is 0. The molecule has 1 atom stereocenters. The van der Waals surface area contributed by atoms with Gasteiger partial charge in [0.15, 0.2) is 0 Å². The quantitative estimate of drug-likeness (QED) is 0.625. The van der Waals surface area contributed by atoms with Gasteiger partial charge in [-0.05, 0) is 50.7 Å². The third kappa shape index (κ3) is 5.32. The van der Waals surface area contributed by atoms with E-state index < -0.39 is 0 Å². The fourth-order valence-corrected chi connectivity index (χ4v) is 2.22. The molecule has 0 aromatic carbocycles. The molecule has 0 saturated carbocycles. The van der Waals surface area contributed by atoms with Crippen molar-refractivity contribution >= 4 is 0 Å². The molecule has 1 heteroatoms. The van der Waals surface area contributed by atoms with Gasteiger partial charge in [-0.15, -0.1) is 6.58 Å². The first-order valence-corrected chi connectivity index (χ1v) is 7.45. The highest BCUT2D eigenvalue weighted by atomic mass is 14.7. The highest BCUT2D eigenvalue weighted by Gasteiger charge is 2.16. The minimum atomic E-state index is 0.117. The molecule has 0 fully saturated rings. The molecule has 20 heavy (non-hydrogen) atoms. The van der Waals surface area contributed by atoms with Crippen molar-refractivity contribution in [2.45, 2.75) is 59.3 Å². The Morgan fingerprint density at radius 1 is 1.20 bits per heavy atom. The van der Waals surface area contributed by atoms with Crippen molar-refractivity contribution in [1.29, 1.82) is 0 Å². The monoisotopic (exact) mass is 271 g/mol. The van der Waals surface area contributed by atoms with Gasteiger partial charge in [-0.1, -0.05) is 44.6 Å². The number of hydrogen-bond donors (Lipinski definition) is 0. The van der Waals surface area contributed by atoms with Crippen molar-refractivity contribution < 1.29 is 0 Å². The van der Waals surface area contributed by atoms with Crippen LogP contribution in [0.15, 0.2) is 42.6 Å². The van der Waals surface area contributed by atoms with Crippen LogP contribution in [-0.4, -0.2) is 4.98 Å². The number of aromatic nitrogens is 1. The Kier molecular flexibility index (Phi) is 5.74. The Hall–Kier alpha value is -1.37. The lowest BCUT2D eigenvalue weighted by molar-refractivity contribution is 0.550. The van der Waals surface area contributed by atoms with Crippen molar-refractivity contribution in [3.05, 3.63) is 53.9 Å². The summed E-state index contributed by atoms with van der Waals surface area (Å²) in [5, 5.41) is 0. The Labute approximate surface area is 124 Å². The number of pyridine rings is 1. The van der Waals surface area contributed by atoms with Crippen LogP contribution < -0.4 is 0 Å². The fraction of sp³-hybridized carbons (Fsp3) is 0.526. The first kappa shape index (κ1) is 16.7. The van der Waals surface area contributed by atoms with Gasteiger partial charge in [0.05, 0.1) is 0 Å². The van der Waals surface area contributed by atoms with Crippen LogP contribution in [0.1, 0.15) is 58.7 Å². The summed E-state index contributed by atoms with van der Waals surface area (Å²) < 4.78 is 0. The number of rotatable bonds is 6. The maximum atomic E-state index is 4.61. The minimum absolute atomic E-state index is 0.117. The van der Waals surface area contributed by atoms with E-state index in [4.69, 9.17) is 0 Å². The minimum Gasteiger partial charge on any atom is -0.260 e. The van der Waals surface area contributed by atoms with Crippen molar-refractivity contribution in [2.24, 2.45) is 5.92 Å². The van der Waals surface area contributed by atoms with E-state index in [1.54, 1.807) is 0 Å². The third-order valence-electron chi connectivity index (χ3n) is 3.69. The standard InChI is InChI=1S/C19H29N/c1-14(2)8-10-17(15(3)4)12-16-9-11-18(20-13-16)19(5,6)7/h9,11,13,17H,1,3,8,10,12H2,2,4-7H3. The molecule has 0 saturated heterocycles. The number of allylic oxidation sites excluding steroid dienone is 2.